The van der Waals surface area contributed by atoms with Crippen LogP contribution in [0.15, 0.2) is 18.3 Å². The van der Waals surface area contributed by atoms with Gasteiger partial charge in [0.15, 0.2) is 0 Å². The number of pyridine rings is 1. The maximum absolute atomic E-state index is 6.03. The highest BCUT2D eigenvalue weighted by molar-refractivity contribution is 6.32. The molecule has 1 fully saturated rings. The van der Waals surface area contributed by atoms with Gasteiger partial charge in [0.05, 0.1) is 5.02 Å². The smallest absolute Gasteiger partial charge is 0.144 e. The highest BCUT2D eigenvalue weighted by Gasteiger charge is 2.28. The summed E-state index contributed by atoms with van der Waals surface area (Å²) in [5.41, 5.74) is 0.431. The van der Waals surface area contributed by atoms with Crippen LogP contribution in [0.25, 0.3) is 0 Å². The molecule has 3 heteroatoms. The van der Waals surface area contributed by atoms with Crippen LogP contribution in [0.5, 0.6) is 0 Å². The molecule has 0 radical (unpaired) electrons. The second kappa shape index (κ2) is 4.40. The van der Waals surface area contributed by atoms with Crippen LogP contribution >= 0.6 is 11.6 Å². The van der Waals surface area contributed by atoms with Gasteiger partial charge in [0.2, 0.25) is 0 Å². The molecule has 0 spiro atoms. The Hall–Kier alpha value is -0.760. The highest BCUT2D eigenvalue weighted by Crippen LogP contribution is 2.37. The summed E-state index contributed by atoms with van der Waals surface area (Å²) in [4.78, 5) is 4.23. The van der Waals surface area contributed by atoms with E-state index >= 15 is 0 Å². The molecule has 0 unspecified atom stereocenters. The van der Waals surface area contributed by atoms with Gasteiger partial charge in [-0.2, -0.15) is 0 Å². The molecule has 0 aromatic carbocycles. The van der Waals surface area contributed by atoms with Gasteiger partial charge < -0.3 is 5.32 Å². The predicted octanol–water partition coefficient (Wildman–Crippen LogP) is 3.73. The van der Waals surface area contributed by atoms with Crippen molar-refractivity contribution in [2.24, 2.45) is 5.41 Å². The maximum Gasteiger partial charge on any atom is 0.144 e. The van der Waals surface area contributed by atoms with Gasteiger partial charge in [0.25, 0.3) is 0 Å². The van der Waals surface area contributed by atoms with Gasteiger partial charge in [-0.15, -0.1) is 0 Å². The van der Waals surface area contributed by atoms with Crippen LogP contribution in [0.1, 0.15) is 32.6 Å². The third-order valence-corrected chi connectivity index (χ3v) is 3.56. The van der Waals surface area contributed by atoms with E-state index in [1.807, 2.05) is 12.1 Å². The number of hydrogen-bond donors (Lipinski definition) is 1. The first-order valence-corrected chi connectivity index (χ1v) is 5.92. The molecular weight excluding hydrogens is 208 g/mol. The third-order valence-electron chi connectivity index (χ3n) is 3.25. The van der Waals surface area contributed by atoms with Crippen LogP contribution in [0.2, 0.25) is 5.02 Å². The van der Waals surface area contributed by atoms with Gasteiger partial charge in [0, 0.05) is 12.7 Å². The first-order valence-electron chi connectivity index (χ1n) is 5.54. The van der Waals surface area contributed by atoms with Crippen LogP contribution in [0.3, 0.4) is 0 Å². The number of nitrogens with zero attached hydrogens (tertiary/aromatic N) is 1. The molecule has 82 valence electrons. The highest BCUT2D eigenvalue weighted by atomic mass is 35.5. The fraction of sp³-hybridized carbons (Fsp3) is 0.583. The normalized spacial score (nSPS) is 19.1. The summed E-state index contributed by atoms with van der Waals surface area (Å²) >= 11 is 6.03. The lowest BCUT2D eigenvalue weighted by Gasteiger charge is -2.24. The molecule has 1 aromatic rings. The fourth-order valence-corrected chi connectivity index (χ4v) is 2.41. The quantitative estimate of drug-likeness (QED) is 0.847. The summed E-state index contributed by atoms with van der Waals surface area (Å²) in [7, 11) is 0. The number of halogens is 1. The zero-order chi connectivity index (χ0) is 10.7. The summed E-state index contributed by atoms with van der Waals surface area (Å²) < 4.78 is 0. The molecule has 1 saturated carbocycles. The molecule has 0 saturated heterocycles. The molecule has 15 heavy (non-hydrogen) atoms. The standard InChI is InChI=1S/C12H17ClN2/c1-12(6-2-3-7-12)9-15-11-10(13)5-4-8-14-11/h4-5,8H,2-3,6-7,9H2,1H3,(H,14,15). The zero-order valence-corrected chi connectivity index (χ0v) is 9.85. The Bertz CT molecular complexity index is 332. The minimum absolute atomic E-state index is 0.431. The minimum atomic E-state index is 0.431. The molecule has 0 bridgehead atoms. The van der Waals surface area contributed by atoms with E-state index in [9.17, 15) is 0 Å². The van der Waals surface area contributed by atoms with Crippen LogP contribution < -0.4 is 5.32 Å². The number of rotatable bonds is 3. The average molecular weight is 225 g/mol. The molecule has 1 heterocycles. The van der Waals surface area contributed by atoms with Gasteiger partial charge in [0.1, 0.15) is 5.82 Å². The van der Waals surface area contributed by atoms with Crippen LogP contribution in [-0.2, 0) is 0 Å². The Morgan fingerprint density at radius 3 is 2.87 bits per heavy atom. The second-order valence-electron chi connectivity index (χ2n) is 4.71. The molecule has 1 N–H and O–H groups in total. The van der Waals surface area contributed by atoms with E-state index in [0.29, 0.717) is 10.4 Å². The Kier molecular flexibility index (Phi) is 3.15. The van der Waals surface area contributed by atoms with E-state index < -0.39 is 0 Å². The monoisotopic (exact) mass is 224 g/mol. The number of anilines is 1. The Morgan fingerprint density at radius 1 is 1.47 bits per heavy atom. The molecule has 2 rings (SSSR count). The molecule has 1 aliphatic carbocycles. The van der Waals surface area contributed by atoms with Gasteiger partial charge in [-0.05, 0) is 30.4 Å². The summed E-state index contributed by atoms with van der Waals surface area (Å²) in [6, 6.07) is 3.72. The molecule has 2 nitrogen and oxygen atoms in total. The molecule has 1 aromatic heterocycles. The number of hydrogen-bond acceptors (Lipinski definition) is 2. The lowest BCUT2D eigenvalue weighted by atomic mass is 9.89. The average Bonchev–Trinajstić information content (AvgIpc) is 2.65. The molecule has 0 amide bonds. The number of aromatic nitrogens is 1. The Labute approximate surface area is 96.1 Å². The van der Waals surface area contributed by atoms with E-state index in [1.165, 1.54) is 25.7 Å². The summed E-state index contributed by atoms with van der Waals surface area (Å²) in [6.07, 6.45) is 7.10. The van der Waals surface area contributed by atoms with Crippen molar-refractivity contribution in [3.63, 3.8) is 0 Å². The second-order valence-corrected chi connectivity index (χ2v) is 5.11. The van der Waals surface area contributed by atoms with Crippen LogP contribution in [-0.4, -0.2) is 11.5 Å². The number of nitrogens with one attached hydrogen (secondary N) is 1. The molecule has 0 atom stereocenters. The van der Waals surface area contributed by atoms with E-state index in [-0.39, 0.29) is 0 Å². The first kappa shape index (κ1) is 10.7. The lowest BCUT2D eigenvalue weighted by Crippen LogP contribution is -2.23. The van der Waals surface area contributed by atoms with Crippen molar-refractivity contribution in [1.82, 2.24) is 4.98 Å². The summed E-state index contributed by atoms with van der Waals surface area (Å²) in [5, 5.41) is 4.06. The third kappa shape index (κ3) is 2.63. The predicted molar refractivity (Wildman–Crippen MR) is 64.3 cm³/mol. The van der Waals surface area contributed by atoms with E-state index in [0.717, 1.165) is 12.4 Å². The van der Waals surface area contributed by atoms with Crippen molar-refractivity contribution in [2.45, 2.75) is 32.6 Å². The fourth-order valence-electron chi connectivity index (χ4n) is 2.22. The van der Waals surface area contributed by atoms with Crippen molar-refractivity contribution in [2.75, 3.05) is 11.9 Å². The van der Waals surface area contributed by atoms with Gasteiger partial charge >= 0.3 is 0 Å². The van der Waals surface area contributed by atoms with Crippen LogP contribution in [0.4, 0.5) is 5.82 Å². The van der Waals surface area contributed by atoms with E-state index in [4.69, 9.17) is 11.6 Å². The zero-order valence-electron chi connectivity index (χ0n) is 9.09. The Morgan fingerprint density at radius 2 is 2.20 bits per heavy atom. The van der Waals surface area contributed by atoms with E-state index in [1.54, 1.807) is 6.20 Å². The largest absolute Gasteiger partial charge is 0.368 e. The Balaban J connectivity index is 1.95. The van der Waals surface area contributed by atoms with Crippen molar-refractivity contribution in [3.05, 3.63) is 23.4 Å². The van der Waals surface area contributed by atoms with Gasteiger partial charge in [-0.3, -0.25) is 0 Å². The van der Waals surface area contributed by atoms with Gasteiger partial charge in [-0.1, -0.05) is 31.4 Å². The van der Waals surface area contributed by atoms with Crippen LogP contribution in [0, 0.1) is 5.41 Å². The van der Waals surface area contributed by atoms with E-state index in [2.05, 4.69) is 17.2 Å². The minimum Gasteiger partial charge on any atom is -0.368 e. The van der Waals surface area contributed by atoms with Gasteiger partial charge in [-0.25, -0.2) is 4.98 Å². The lowest BCUT2D eigenvalue weighted by molar-refractivity contribution is 0.361. The SMILES string of the molecule is CC1(CNc2ncccc2Cl)CCCC1. The molecular formula is C12H17ClN2. The maximum atomic E-state index is 6.03. The topological polar surface area (TPSA) is 24.9 Å². The van der Waals surface area contributed by atoms with Crippen molar-refractivity contribution in [1.29, 1.82) is 0 Å². The van der Waals surface area contributed by atoms with Crippen molar-refractivity contribution >= 4 is 17.4 Å². The molecule has 1 aliphatic rings. The summed E-state index contributed by atoms with van der Waals surface area (Å²) in [6.45, 7) is 3.31. The van der Waals surface area contributed by atoms with Crippen molar-refractivity contribution < 1.29 is 0 Å². The molecule has 0 aliphatic heterocycles. The summed E-state index contributed by atoms with van der Waals surface area (Å²) in [5.74, 6) is 0.812. The van der Waals surface area contributed by atoms with Crippen molar-refractivity contribution in [3.8, 4) is 0 Å². The first-order chi connectivity index (χ1) is 7.20.